The van der Waals surface area contributed by atoms with Gasteiger partial charge in [0.1, 0.15) is 7.85 Å². The van der Waals surface area contributed by atoms with Crippen LogP contribution in [0.25, 0.3) is 10.9 Å². The number of hydrogen-bond donors (Lipinski definition) is 2. The summed E-state index contributed by atoms with van der Waals surface area (Å²) in [5, 5.41) is 13.4. The minimum atomic E-state index is -0.0181. The minimum absolute atomic E-state index is 0.0181. The fraction of sp³-hybridized carbons (Fsp3) is 0.526. The Morgan fingerprint density at radius 3 is 2.68 bits per heavy atom. The first kappa shape index (κ1) is 18.5. The summed E-state index contributed by atoms with van der Waals surface area (Å²) in [4.78, 5) is 12.8. The van der Waals surface area contributed by atoms with Gasteiger partial charge in [0.15, 0.2) is 0 Å². The third-order valence-electron chi connectivity index (χ3n) is 5.19. The summed E-state index contributed by atoms with van der Waals surface area (Å²) >= 11 is 3.61. The summed E-state index contributed by atoms with van der Waals surface area (Å²) in [6.07, 6.45) is 9.51. The summed E-state index contributed by atoms with van der Waals surface area (Å²) in [7, 11) is 2.03. The lowest BCUT2D eigenvalue weighted by atomic mass is 9.95. The van der Waals surface area contributed by atoms with Gasteiger partial charge in [-0.05, 0) is 24.8 Å². The Morgan fingerprint density at radius 1 is 1.28 bits per heavy atom. The largest absolute Gasteiger partial charge is 0.395 e. The van der Waals surface area contributed by atoms with Crippen LogP contribution >= 0.6 is 15.9 Å². The van der Waals surface area contributed by atoms with E-state index in [9.17, 15) is 9.90 Å². The molecule has 0 radical (unpaired) electrons. The van der Waals surface area contributed by atoms with E-state index in [4.69, 9.17) is 0 Å². The van der Waals surface area contributed by atoms with Gasteiger partial charge in [-0.2, -0.15) is 0 Å². The van der Waals surface area contributed by atoms with Crippen LogP contribution in [0.15, 0.2) is 22.8 Å². The molecule has 1 fully saturated rings. The number of hydrogen-bond acceptors (Lipinski definition) is 2. The van der Waals surface area contributed by atoms with Gasteiger partial charge in [-0.1, -0.05) is 53.1 Å². The average molecular weight is 405 g/mol. The Bertz CT molecular complexity index is 751. The SMILES string of the molecule is Bc1cc(Br)c2c(C(=O)NCC3CCCCCC3)cn(CCO)c2c1. The van der Waals surface area contributed by atoms with E-state index in [-0.39, 0.29) is 12.5 Å². The molecule has 1 aromatic carbocycles. The van der Waals surface area contributed by atoms with Crippen LogP contribution < -0.4 is 10.8 Å². The fourth-order valence-electron chi connectivity index (χ4n) is 3.87. The molecule has 1 aromatic heterocycles. The lowest BCUT2D eigenvalue weighted by Gasteiger charge is -2.14. The Labute approximate surface area is 158 Å². The van der Waals surface area contributed by atoms with Crippen molar-refractivity contribution < 1.29 is 9.90 Å². The third-order valence-corrected chi connectivity index (χ3v) is 5.81. The number of carbonyl (C=O) groups excluding carboxylic acids is 1. The lowest BCUT2D eigenvalue weighted by molar-refractivity contribution is 0.0947. The molecule has 0 saturated heterocycles. The van der Waals surface area contributed by atoms with Crippen molar-refractivity contribution in [3.8, 4) is 0 Å². The van der Waals surface area contributed by atoms with E-state index in [0.29, 0.717) is 18.0 Å². The number of nitrogens with one attached hydrogen (secondary N) is 1. The van der Waals surface area contributed by atoms with Gasteiger partial charge in [0.2, 0.25) is 0 Å². The molecule has 0 atom stereocenters. The number of amides is 1. The van der Waals surface area contributed by atoms with Crippen LogP contribution in [0.5, 0.6) is 0 Å². The number of aliphatic hydroxyl groups is 1. The summed E-state index contributed by atoms with van der Waals surface area (Å²) in [6, 6.07) is 4.10. The number of benzene rings is 1. The molecule has 0 aliphatic heterocycles. The maximum absolute atomic E-state index is 12.8. The van der Waals surface area contributed by atoms with Gasteiger partial charge in [0.05, 0.1) is 12.2 Å². The minimum Gasteiger partial charge on any atom is -0.395 e. The van der Waals surface area contributed by atoms with E-state index in [2.05, 4.69) is 27.3 Å². The number of carbonyl (C=O) groups is 1. The van der Waals surface area contributed by atoms with Crippen LogP contribution in [0.2, 0.25) is 0 Å². The maximum atomic E-state index is 12.8. The fourth-order valence-corrected chi connectivity index (χ4v) is 4.65. The predicted octanol–water partition coefficient (Wildman–Crippen LogP) is 2.35. The molecular formula is C19H26BBrN2O2. The molecule has 6 heteroatoms. The van der Waals surface area contributed by atoms with Gasteiger partial charge < -0.3 is 15.0 Å². The molecule has 1 amide bonds. The van der Waals surface area contributed by atoms with Crippen molar-refractivity contribution in [2.45, 2.75) is 45.1 Å². The van der Waals surface area contributed by atoms with Gasteiger partial charge in [-0.15, -0.1) is 0 Å². The van der Waals surface area contributed by atoms with Crippen LogP contribution in [0, 0.1) is 5.92 Å². The summed E-state index contributed by atoms with van der Waals surface area (Å²) in [5.41, 5.74) is 2.80. The van der Waals surface area contributed by atoms with Crippen molar-refractivity contribution in [3.05, 3.63) is 28.4 Å². The van der Waals surface area contributed by atoms with Crippen LogP contribution in [-0.4, -0.2) is 36.6 Å². The van der Waals surface area contributed by atoms with E-state index in [1.807, 2.05) is 24.7 Å². The van der Waals surface area contributed by atoms with Crippen LogP contribution in [-0.2, 0) is 6.54 Å². The van der Waals surface area contributed by atoms with E-state index in [0.717, 1.165) is 27.4 Å². The highest BCUT2D eigenvalue weighted by molar-refractivity contribution is 9.10. The number of aromatic nitrogens is 1. The maximum Gasteiger partial charge on any atom is 0.253 e. The van der Waals surface area contributed by atoms with Gasteiger partial charge >= 0.3 is 0 Å². The number of rotatable bonds is 5. The highest BCUT2D eigenvalue weighted by atomic mass is 79.9. The molecule has 2 N–H and O–H groups in total. The summed E-state index contributed by atoms with van der Waals surface area (Å²) < 4.78 is 2.90. The second-order valence-electron chi connectivity index (χ2n) is 7.17. The van der Waals surface area contributed by atoms with Gasteiger partial charge in [0.25, 0.3) is 5.91 Å². The van der Waals surface area contributed by atoms with Crippen LogP contribution in [0.4, 0.5) is 0 Å². The predicted molar refractivity (Wildman–Crippen MR) is 108 cm³/mol. The molecule has 134 valence electrons. The standard InChI is InChI=1S/C19H26BBrN2O2/c20-14-9-16(21)18-15(12-23(7-8-24)17(18)10-14)19(25)22-11-13-5-3-1-2-4-6-13/h9-10,12-13,24H,1-8,11,20H2,(H,22,25). The van der Waals surface area contributed by atoms with E-state index in [1.165, 1.54) is 38.5 Å². The Hall–Kier alpha value is -1.27. The van der Waals surface area contributed by atoms with Crippen LogP contribution in [0.1, 0.15) is 48.9 Å². The summed E-state index contributed by atoms with van der Waals surface area (Å²) in [6.45, 7) is 1.30. The summed E-state index contributed by atoms with van der Waals surface area (Å²) in [5.74, 6) is 0.582. The average Bonchev–Trinajstić information content (AvgIpc) is 2.77. The molecule has 0 bridgehead atoms. The molecule has 1 aliphatic carbocycles. The van der Waals surface area contributed by atoms with Gasteiger partial charge in [-0.25, -0.2) is 0 Å². The van der Waals surface area contributed by atoms with Gasteiger partial charge in [-0.3, -0.25) is 4.79 Å². The van der Waals surface area contributed by atoms with Crippen molar-refractivity contribution in [2.24, 2.45) is 5.92 Å². The highest BCUT2D eigenvalue weighted by Crippen LogP contribution is 2.29. The van der Waals surface area contributed by atoms with Crippen LogP contribution in [0.3, 0.4) is 0 Å². The zero-order valence-corrected chi connectivity index (χ0v) is 16.4. The van der Waals surface area contributed by atoms with Crippen molar-refractivity contribution >= 4 is 46.0 Å². The van der Waals surface area contributed by atoms with Crippen molar-refractivity contribution in [1.29, 1.82) is 0 Å². The molecule has 0 spiro atoms. The highest BCUT2D eigenvalue weighted by Gasteiger charge is 2.19. The second kappa shape index (κ2) is 8.41. The molecule has 1 saturated carbocycles. The first-order valence-electron chi connectivity index (χ1n) is 9.28. The molecular weight excluding hydrogens is 379 g/mol. The number of fused-ring (bicyclic) bond motifs is 1. The lowest BCUT2D eigenvalue weighted by Crippen LogP contribution is -2.29. The van der Waals surface area contributed by atoms with Gasteiger partial charge in [0, 0.05) is 34.7 Å². The topological polar surface area (TPSA) is 54.3 Å². The van der Waals surface area contributed by atoms with Crippen molar-refractivity contribution in [3.63, 3.8) is 0 Å². The third kappa shape index (κ3) is 4.29. The molecule has 1 aliphatic rings. The first-order valence-corrected chi connectivity index (χ1v) is 10.1. The number of halogens is 1. The Balaban J connectivity index is 1.83. The molecule has 2 aromatic rings. The molecule has 3 rings (SSSR count). The number of nitrogens with zero attached hydrogens (tertiary/aromatic N) is 1. The zero-order chi connectivity index (χ0) is 17.8. The normalized spacial score (nSPS) is 16.1. The smallest absolute Gasteiger partial charge is 0.253 e. The van der Waals surface area contributed by atoms with Crippen molar-refractivity contribution in [2.75, 3.05) is 13.2 Å². The monoisotopic (exact) mass is 404 g/mol. The van der Waals surface area contributed by atoms with Crippen molar-refractivity contribution in [1.82, 2.24) is 9.88 Å². The second-order valence-corrected chi connectivity index (χ2v) is 8.02. The molecule has 25 heavy (non-hydrogen) atoms. The quantitative estimate of drug-likeness (QED) is 0.593. The Kier molecular flexibility index (Phi) is 6.23. The zero-order valence-electron chi connectivity index (χ0n) is 14.9. The van der Waals surface area contributed by atoms with E-state index in [1.54, 1.807) is 0 Å². The van der Waals surface area contributed by atoms with E-state index >= 15 is 0 Å². The Morgan fingerprint density at radius 2 is 2.00 bits per heavy atom. The first-order chi connectivity index (χ1) is 12.1. The molecule has 1 heterocycles. The van der Waals surface area contributed by atoms with E-state index < -0.39 is 0 Å². The number of aliphatic hydroxyl groups excluding tert-OH is 1. The molecule has 0 unspecified atom stereocenters. The molecule has 4 nitrogen and oxygen atoms in total.